The van der Waals surface area contributed by atoms with Crippen molar-refractivity contribution in [3.8, 4) is 0 Å². The first-order valence-corrected chi connectivity index (χ1v) is 12.4. The number of hydrogen-bond donors (Lipinski definition) is 3. The van der Waals surface area contributed by atoms with Crippen LogP contribution in [0.1, 0.15) is 103 Å². The number of aliphatic hydroxyl groups is 2. The Labute approximate surface area is 185 Å². The summed E-state index contributed by atoms with van der Waals surface area (Å²) in [5.74, 6) is 0. The van der Waals surface area contributed by atoms with Crippen LogP contribution in [0.4, 0.5) is 0 Å². The Balaban J connectivity index is 0.00000135. The molecule has 0 spiro atoms. The Morgan fingerprint density at radius 3 is 1.93 bits per heavy atom. The molecule has 4 nitrogen and oxygen atoms in total. The second-order valence-electron chi connectivity index (χ2n) is 7.96. The maximum Gasteiger partial charge on any atom is 0.0825 e. The van der Waals surface area contributed by atoms with Gasteiger partial charge in [0, 0.05) is 19.8 Å². The first-order valence-electron chi connectivity index (χ1n) is 12.0. The summed E-state index contributed by atoms with van der Waals surface area (Å²) in [5, 5.41) is 20.9. The van der Waals surface area contributed by atoms with Gasteiger partial charge in [0.15, 0.2) is 0 Å². The van der Waals surface area contributed by atoms with E-state index in [1.807, 2.05) is 6.08 Å². The van der Waals surface area contributed by atoms with Gasteiger partial charge in [-0.05, 0) is 25.7 Å². The number of nitrogens with zero attached hydrogens (tertiary/aromatic N) is 1. The van der Waals surface area contributed by atoms with Crippen molar-refractivity contribution in [3.63, 3.8) is 0 Å². The molecule has 1 aliphatic rings. The SMILES string of the molecule is C1=NCCN1.CCCCCCCCCCCCCC/C(=C/C(Cl)CCO)CCO. The average Bonchev–Trinajstić information content (AvgIpc) is 3.29. The summed E-state index contributed by atoms with van der Waals surface area (Å²) in [6, 6.07) is 0. The summed E-state index contributed by atoms with van der Waals surface area (Å²) in [6.07, 6.45) is 22.4. The Kier molecular flexibility index (Phi) is 23.2. The lowest BCUT2D eigenvalue weighted by Crippen LogP contribution is -2.04. The van der Waals surface area contributed by atoms with Crippen LogP contribution in [0.5, 0.6) is 0 Å². The second kappa shape index (κ2) is 23.7. The number of unbranched alkanes of at least 4 members (excludes halogenated alkanes) is 11. The van der Waals surface area contributed by atoms with Crippen LogP contribution in [-0.2, 0) is 0 Å². The molecule has 0 saturated carbocycles. The van der Waals surface area contributed by atoms with Crippen molar-refractivity contribution in [1.82, 2.24) is 5.32 Å². The van der Waals surface area contributed by atoms with Gasteiger partial charge in [-0.3, -0.25) is 4.99 Å². The average molecular weight is 431 g/mol. The zero-order valence-corrected chi connectivity index (χ0v) is 19.6. The van der Waals surface area contributed by atoms with E-state index in [4.69, 9.17) is 21.8 Å². The first kappa shape index (κ1) is 28.4. The molecule has 1 heterocycles. The number of halogens is 1. The summed E-state index contributed by atoms with van der Waals surface area (Å²) in [7, 11) is 0. The summed E-state index contributed by atoms with van der Waals surface area (Å²) >= 11 is 6.14. The van der Waals surface area contributed by atoms with Crippen LogP contribution in [0.15, 0.2) is 16.6 Å². The fourth-order valence-corrected chi connectivity index (χ4v) is 3.69. The van der Waals surface area contributed by atoms with Gasteiger partial charge in [0.1, 0.15) is 0 Å². The standard InChI is InChI=1S/C21H41ClO2.C3H6N2/c1-2-3-4-5-6-7-8-9-10-11-12-13-14-20(15-17-23)19-21(22)16-18-24;1-2-5-3-4-1/h19,21,23-24H,2-18H2,1H3;3H,1-2H2,(H,4,5)/b20-19-;. The second-order valence-corrected chi connectivity index (χ2v) is 8.52. The van der Waals surface area contributed by atoms with Gasteiger partial charge in [-0.25, -0.2) is 0 Å². The van der Waals surface area contributed by atoms with E-state index in [-0.39, 0.29) is 18.6 Å². The van der Waals surface area contributed by atoms with Gasteiger partial charge >= 0.3 is 0 Å². The predicted octanol–water partition coefficient (Wildman–Crippen LogP) is 5.99. The lowest BCUT2D eigenvalue weighted by Gasteiger charge is -2.09. The fourth-order valence-electron chi connectivity index (χ4n) is 3.41. The third-order valence-corrected chi connectivity index (χ3v) is 5.52. The zero-order chi connectivity index (χ0) is 21.4. The minimum absolute atomic E-state index is 0.103. The molecule has 0 aromatic heterocycles. The molecule has 0 aliphatic carbocycles. The van der Waals surface area contributed by atoms with Crippen LogP contribution in [0, 0.1) is 0 Å². The van der Waals surface area contributed by atoms with Crippen LogP contribution in [0.25, 0.3) is 0 Å². The molecule has 3 N–H and O–H groups in total. The molecule has 1 unspecified atom stereocenters. The van der Waals surface area contributed by atoms with E-state index >= 15 is 0 Å². The minimum Gasteiger partial charge on any atom is -0.396 e. The number of alkyl halides is 1. The molecular formula is C24H47ClN2O2. The monoisotopic (exact) mass is 430 g/mol. The molecule has 0 aromatic rings. The summed E-state index contributed by atoms with van der Waals surface area (Å²) in [5.41, 5.74) is 1.25. The molecule has 0 radical (unpaired) electrons. The highest BCUT2D eigenvalue weighted by Crippen LogP contribution is 2.18. The molecule has 1 rings (SSSR count). The number of hydrogen-bond acceptors (Lipinski definition) is 4. The van der Waals surface area contributed by atoms with Crippen LogP contribution >= 0.6 is 11.6 Å². The van der Waals surface area contributed by atoms with E-state index in [1.165, 1.54) is 82.6 Å². The van der Waals surface area contributed by atoms with Crippen LogP contribution in [0.2, 0.25) is 0 Å². The molecule has 1 aliphatic heterocycles. The lowest BCUT2D eigenvalue weighted by molar-refractivity contribution is 0.289. The highest BCUT2D eigenvalue weighted by molar-refractivity contribution is 6.21. The predicted molar refractivity (Wildman–Crippen MR) is 128 cm³/mol. The highest BCUT2D eigenvalue weighted by Gasteiger charge is 2.04. The quantitative estimate of drug-likeness (QED) is 0.142. The maximum absolute atomic E-state index is 9.14. The molecule has 0 amide bonds. The first-order chi connectivity index (χ1) is 14.2. The van der Waals surface area contributed by atoms with E-state index < -0.39 is 0 Å². The molecule has 172 valence electrons. The number of aliphatic hydroxyl groups excluding tert-OH is 2. The van der Waals surface area contributed by atoms with Gasteiger partial charge in [-0.15, -0.1) is 11.6 Å². The number of allylic oxidation sites excluding steroid dienone is 1. The molecular weight excluding hydrogens is 384 g/mol. The third kappa shape index (κ3) is 21.9. The highest BCUT2D eigenvalue weighted by atomic mass is 35.5. The smallest absolute Gasteiger partial charge is 0.0825 e. The molecule has 1 atom stereocenters. The van der Waals surface area contributed by atoms with Crippen molar-refractivity contribution >= 4 is 17.9 Å². The van der Waals surface area contributed by atoms with E-state index in [2.05, 4.69) is 17.2 Å². The minimum atomic E-state index is -0.103. The van der Waals surface area contributed by atoms with Crippen molar-refractivity contribution < 1.29 is 10.2 Å². The Morgan fingerprint density at radius 1 is 0.931 bits per heavy atom. The van der Waals surface area contributed by atoms with Crippen LogP contribution < -0.4 is 5.32 Å². The van der Waals surface area contributed by atoms with Gasteiger partial charge in [-0.1, -0.05) is 89.2 Å². The van der Waals surface area contributed by atoms with Gasteiger partial charge in [0.05, 0.1) is 18.3 Å². The zero-order valence-electron chi connectivity index (χ0n) is 18.9. The Bertz CT molecular complexity index is 383. The molecule has 0 aromatic carbocycles. The Hall–Kier alpha value is -0.580. The fraction of sp³-hybridized carbons (Fsp3) is 0.875. The van der Waals surface area contributed by atoms with Crippen molar-refractivity contribution in [1.29, 1.82) is 0 Å². The third-order valence-electron chi connectivity index (χ3n) is 5.17. The lowest BCUT2D eigenvalue weighted by atomic mass is 10.0. The van der Waals surface area contributed by atoms with Crippen molar-refractivity contribution in [2.24, 2.45) is 4.99 Å². The number of rotatable bonds is 18. The molecule has 29 heavy (non-hydrogen) atoms. The van der Waals surface area contributed by atoms with E-state index in [1.54, 1.807) is 6.34 Å². The van der Waals surface area contributed by atoms with Gasteiger partial charge < -0.3 is 15.5 Å². The van der Waals surface area contributed by atoms with Crippen molar-refractivity contribution in [2.75, 3.05) is 26.3 Å². The number of nitrogens with one attached hydrogen (secondary N) is 1. The van der Waals surface area contributed by atoms with E-state index in [0.29, 0.717) is 12.8 Å². The normalized spacial score (nSPS) is 14.4. The Morgan fingerprint density at radius 2 is 1.52 bits per heavy atom. The van der Waals surface area contributed by atoms with Crippen LogP contribution in [0.3, 0.4) is 0 Å². The topological polar surface area (TPSA) is 64.9 Å². The summed E-state index contributed by atoms with van der Waals surface area (Å²) < 4.78 is 0. The van der Waals surface area contributed by atoms with E-state index in [0.717, 1.165) is 19.5 Å². The van der Waals surface area contributed by atoms with Crippen molar-refractivity contribution in [3.05, 3.63) is 11.6 Å². The van der Waals surface area contributed by atoms with Crippen molar-refractivity contribution in [2.45, 2.75) is 109 Å². The molecule has 0 fully saturated rings. The molecule has 5 heteroatoms. The van der Waals surface area contributed by atoms with Gasteiger partial charge in [0.25, 0.3) is 0 Å². The summed E-state index contributed by atoms with van der Waals surface area (Å²) in [4.78, 5) is 3.85. The largest absolute Gasteiger partial charge is 0.396 e. The van der Waals surface area contributed by atoms with Crippen LogP contribution in [-0.4, -0.2) is 48.2 Å². The molecule has 0 bridgehead atoms. The number of aliphatic imine (C=N–C) groups is 1. The molecule has 0 saturated heterocycles. The maximum atomic E-state index is 9.14. The summed E-state index contributed by atoms with van der Waals surface area (Å²) in [6.45, 7) is 4.56. The van der Waals surface area contributed by atoms with E-state index in [9.17, 15) is 0 Å². The van der Waals surface area contributed by atoms with Gasteiger partial charge in [0.2, 0.25) is 0 Å². The van der Waals surface area contributed by atoms with Gasteiger partial charge in [-0.2, -0.15) is 0 Å².